The van der Waals surface area contributed by atoms with Crippen LogP contribution in [0.25, 0.3) is 22.4 Å². The van der Waals surface area contributed by atoms with Gasteiger partial charge in [0.15, 0.2) is 0 Å². The average Bonchev–Trinajstić information content (AvgIpc) is 2.90. The number of imidazole rings is 1. The normalized spacial score (nSPS) is 10.8. The highest BCUT2D eigenvalue weighted by atomic mass is 32.2. The van der Waals surface area contributed by atoms with Crippen LogP contribution in [0.15, 0.2) is 35.5 Å². The van der Waals surface area contributed by atoms with Crippen molar-refractivity contribution < 1.29 is 4.74 Å². The third kappa shape index (κ3) is 2.15. The lowest BCUT2D eigenvalue weighted by Crippen LogP contribution is -1.87. The van der Waals surface area contributed by atoms with Gasteiger partial charge in [0.25, 0.3) is 0 Å². The van der Waals surface area contributed by atoms with Crippen molar-refractivity contribution >= 4 is 22.8 Å². The lowest BCUT2D eigenvalue weighted by atomic mass is 10.2. The van der Waals surface area contributed by atoms with E-state index in [9.17, 15) is 0 Å². The number of rotatable bonds is 3. The third-order valence-electron chi connectivity index (χ3n) is 2.86. The van der Waals surface area contributed by atoms with Gasteiger partial charge in [0.1, 0.15) is 17.1 Å². The molecule has 0 amide bonds. The molecule has 96 valence electrons. The second-order valence-electron chi connectivity index (χ2n) is 3.94. The van der Waals surface area contributed by atoms with Gasteiger partial charge in [-0.05, 0) is 24.5 Å². The van der Waals surface area contributed by atoms with Gasteiger partial charge in [0, 0.05) is 10.5 Å². The minimum Gasteiger partial charge on any atom is -0.497 e. The number of benzene rings is 1. The Morgan fingerprint density at radius 2 is 2.05 bits per heavy atom. The highest BCUT2D eigenvalue weighted by Crippen LogP contribution is 2.32. The van der Waals surface area contributed by atoms with Gasteiger partial charge in [-0.3, -0.25) is 0 Å². The van der Waals surface area contributed by atoms with E-state index >= 15 is 0 Å². The fraction of sp³-hybridized carbons (Fsp3) is 0.154. The van der Waals surface area contributed by atoms with Crippen LogP contribution < -0.4 is 4.74 Å². The minimum atomic E-state index is 0.813. The van der Waals surface area contributed by atoms with Gasteiger partial charge in [0.05, 0.1) is 25.0 Å². The van der Waals surface area contributed by atoms with Crippen molar-refractivity contribution in [1.29, 1.82) is 0 Å². The van der Waals surface area contributed by atoms with E-state index in [0.717, 1.165) is 33.1 Å². The average molecular weight is 272 g/mol. The predicted molar refractivity (Wildman–Crippen MR) is 75.5 cm³/mol. The van der Waals surface area contributed by atoms with Crippen molar-refractivity contribution in [2.75, 3.05) is 13.4 Å². The Kier molecular flexibility index (Phi) is 3.08. The summed E-state index contributed by atoms with van der Waals surface area (Å²) in [5.74, 6) is 1.66. The Hall–Kier alpha value is -2.08. The van der Waals surface area contributed by atoms with E-state index in [2.05, 4.69) is 20.2 Å². The summed E-state index contributed by atoms with van der Waals surface area (Å²) >= 11 is 1.66. The van der Waals surface area contributed by atoms with Crippen LogP contribution in [-0.4, -0.2) is 33.5 Å². The summed E-state index contributed by atoms with van der Waals surface area (Å²) in [6, 6.07) is 5.94. The Balaban J connectivity index is 2.15. The van der Waals surface area contributed by atoms with Gasteiger partial charge < -0.3 is 9.72 Å². The Morgan fingerprint density at radius 3 is 2.79 bits per heavy atom. The van der Waals surface area contributed by atoms with Gasteiger partial charge in [-0.25, -0.2) is 4.98 Å². The molecule has 5 nitrogen and oxygen atoms in total. The number of nitrogens with zero attached hydrogens (tertiary/aromatic N) is 3. The molecule has 0 unspecified atom stereocenters. The summed E-state index contributed by atoms with van der Waals surface area (Å²) in [5, 5.41) is 7.68. The quantitative estimate of drug-likeness (QED) is 0.743. The first-order valence-corrected chi connectivity index (χ1v) is 6.93. The lowest BCUT2D eigenvalue weighted by Gasteiger charge is -2.07. The molecule has 0 saturated carbocycles. The molecule has 0 fully saturated rings. The van der Waals surface area contributed by atoms with Gasteiger partial charge in [-0.2, -0.15) is 10.2 Å². The molecule has 19 heavy (non-hydrogen) atoms. The zero-order valence-corrected chi connectivity index (χ0v) is 11.4. The standard InChI is InChI=1S/C13H12N4OS/c1-18-8-3-4-9(12(5-8)19-2)13-16-10-6-14-15-7-11(10)17-13/h3-7H,1-2H3,(H,16,17). The first kappa shape index (κ1) is 12.0. The maximum absolute atomic E-state index is 5.24. The summed E-state index contributed by atoms with van der Waals surface area (Å²) in [6.07, 6.45) is 5.36. The van der Waals surface area contributed by atoms with E-state index in [1.54, 1.807) is 31.3 Å². The fourth-order valence-electron chi connectivity index (χ4n) is 1.90. The molecular formula is C13H12N4OS. The molecule has 0 spiro atoms. The van der Waals surface area contributed by atoms with Crippen LogP contribution in [0, 0.1) is 0 Å². The summed E-state index contributed by atoms with van der Waals surface area (Å²) in [6.45, 7) is 0. The van der Waals surface area contributed by atoms with Crippen molar-refractivity contribution in [3.8, 4) is 17.1 Å². The maximum Gasteiger partial charge on any atom is 0.139 e. The predicted octanol–water partition coefficient (Wildman–Crippen LogP) is 2.75. The number of ether oxygens (including phenoxy) is 1. The molecule has 1 aromatic carbocycles. The Morgan fingerprint density at radius 1 is 1.21 bits per heavy atom. The van der Waals surface area contributed by atoms with Crippen molar-refractivity contribution in [2.45, 2.75) is 4.90 Å². The summed E-state index contributed by atoms with van der Waals surface area (Å²) in [5.41, 5.74) is 2.74. The molecule has 0 radical (unpaired) electrons. The molecule has 0 bridgehead atoms. The van der Waals surface area contributed by atoms with Crippen molar-refractivity contribution in [2.24, 2.45) is 0 Å². The van der Waals surface area contributed by atoms with Crippen molar-refractivity contribution in [3.63, 3.8) is 0 Å². The van der Waals surface area contributed by atoms with Crippen molar-refractivity contribution in [3.05, 3.63) is 30.6 Å². The molecule has 2 aromatic heterocycles. The molecule has 0 aliphatic rings. The molecule has 0 saturated heterocycles. The van der Waals surface area contributed by atoms with Crippen LogP contribution in [0.2, 0.25) is 0 Å². The van der Waals surface area contributed by atoms with E-state index in [-0.39, 0.29) is 0 Å². The second-order valence-corrected chi connectivity index (χ2v) is 4.79. The van der Waals surface area contributed by atoms with Crippen LogP contribution in [0.3, 0.4) is 0 Å². The zero-order valence-electron chi connectivity index (χ0n) is 10.5. The highest BCUT2D eigenvalue weighted by molar-refractivity contribution is 7.98. The number of hydrogen-bond donors (Lipinski definition) is 1. The SMILES string of the molecule is COc1ccc(-c2nc3cnncc3[nH]2)c(SC)c1. The molecule has 0 aliphatic carbocycles. The number of H-pyrrole nitrogens is 1. The van der Waals surface area contributed by atoms with Crippen LogP contribution in [0.5, 0.6) is 5.75 Å². The number of methoxy groups -OCH3 is 1. The molecule has 0 aliphatic heterocycles. The zero-order chi connectivity index (χ0) is 13.2. The largest absolute Gasteiger partial charge is 0.497 e. The first-order valence-electron chi connectivity index (χ1n) is 5.70. The highest BCUT2D eigenvalue weighted by Gasteiger charge is 2.10. The molecule has 6 heteroatoms. The second kappa shape index (κ2) is 4.89. The Labute approximate surface area is 114 Å². The first-order chi connectivity index (χ1) is 9.31. The number of aromatic nitrogens is 4. The number of aromatic amines is 1. The molecule has 1 N–H and O–H groups in total. The lowest BCUT2D eigenvalue weighted by molar-refractivity contribution is 0.414. The smallest absolute Gasteiger partial charge is 0.139 e. The van der Waals surface area contributed by atoms with Crippen LogP contribution in [-0.2, 0) is 0 Å². The van der Waals surface area contributed by atoms with Crippen molar-refractivity contribution in [1.82, 2.24) is 20.2 Å². The van der Waals surface area contributed by atoms with Crippen LogP contribution in [0.1, 0.15) is 0 Å². The van der Waals surface area contributed by atoms with Gasteiger partial charge in [-0.15, -0.1) is 11.8 Å². The molecule has 3 rings (SSSR count). The van der Waals surface area contributed by atoms with Gasteiger partial charge in [0.2, 0.25) is 0 Å². The number of fused-ring (bicyclic) bond motifs is 1. The summed E-state index contributed by atoms with van der Waals surface area (Å²) in [4.78, 5) is 8.90. The Bertz CT molecular complexity index is 692. The third-order valence-corrected chi connectivity index (χ3v) is 3.64. The van der Waals surface area contributed by atoms with Gasteiger partial charge >= 0.3 is 0 Å². The number of thioether (sulfide) groups is 1. The van der Waals surface area contributed by atoms with E-state index in [1.807, 2.05) is 24.5 Å². The summed E-state index contributed by atoms with van der Waals surface area (Å²) in [7, 11) is 1.66. The summed E-state index contributed by atoms with van der Waals surface area (Å²) < 4.78 is 5.24. The number of nitrogens with one attached hydrogen (secondary N) is 1. The molecular weight excluding hydrogens is 260 g/mol. The van der Waals surface area contributed by atoms with Crippen LogP contribution in [0.4, 0.5) is 0 Å². The monoisotopic (exact) mass is 272 g/mol. The van der Waals surface area contributed by atoms with Gasteiger partial charge in [-0.1, -0.05) is 0 Å². The van der Waals surface area contributed by atoms with Crippen LogP contribution >= 0.6 is 11.8 Å². The number of hydrogen-bond acceptors (Lipinski definition) is 5. The minimum absolute atomic E-state index is 0.813. The molecule has 0 atom stereocenters. The molecule has 3 aromatic rings. The van der Waals surface area contributed by atoms with E-state index in [0.29, 0.717) is 0 Å². The molecule has 2 heterocycles. The fourth-order valence-corrected chi connectivity index (χ4v) is 2.52. The topological polar surface area (TPSA) is 63.7 Å². The van der Waals surface area contributed by atoms with E-state index < -0.39 is 0 Å². The maximum atomic E-state index is 5.24. The van der Waals surface area contributed by atoms with E-state index in [1.165, 1.54) is 0 Å². The van der Waals surface area contributed by atoms with E-state index in [4.69, 9.17) is 4.74 Å².